The fourth-order valence-electron chi connectivity index (χ4n) is 3.65. The summed E-state index contributed by atoms with van der Waals surface area (Å²) in [6.45, 7) is 0.0551. The van der Waals surface area contributed by atoms with Gasteiger partial charge in [-0.2, -0.15) is 0 Å². The first-order valence-electron chi connectivity index (χ1n) is 9.21. The lowest BCUT2D eigenvalue weighted by molar-refractivity contribution is 0.599. The average molecular weight is 437 g/mol. The number of halogens is 2. The summed E-state index contributed by atoms with van der Waals surface area (Å²) in [4.78, 5) is 14.2. The van der Waals surface area contributed by atoms with Gasteiger partial charge in [0.15, 0.2) is 3.95 Å². The molecule has 5 rings (SSSR count). The van der Waals surface area contributed by atoms with Crippen LogP contribution >= 0.6 is 23.6 Å². The smallest absolute Gasteiger partial charge is 0.261 e. The minimum Gasteiger partial charge on any atom is -0.288 e. The summed E-state index contributed by atoms with van der Waals surface area (Å²) in [6, 6.07) is 19.7. The van der Waals surface area contributed by atoms with Gasteiger partial charge in [0.2, 0.25) is 0 Å². The van der Waals surface area contributed by atoms with Gasteiger partial charge in [0.25, 0.3) is 5.56 Å². The summed E-state index contributed by atoms with van der Waals surface area (Å²) < 4.78 is 31.8. The van der Waals surface area contributed by atoms with Crippen molar-refractivity contribution in [3.05, 3.63) is 104 Å². The van der Waals surface area contributed by atoms with E-state index in [1.54, 1.807) is 47.0 Å². The van der Waals surface area contributed by atoms with Gasteiger partial charge in [0.05, 0.1) is 22.3 Å². The molecule has 0 saturated carbocycles. The third-order valence-electron chi connectivity index (χ3n) is 5.06. The molecule has 0 aliphatic rings. The number of rotatable bonds is 3. The lowest BCUT2D eigenvalue weighted by Gasteiger charge is -2.14. The van der Waals surface area contributed by atoms with E-state index in [1.165, 1.54) is 29.5 Å². The van der Waals surface area contributed by atoms with Crippen molar-refractivity contribution < 1.29 is 8.78 Å². The largest absolute Gasteiger partial charge is 0.288 e. The Balaban J connectivity index is 1.92. The number of hydrogen-bond donors (Lipinski definition) is 0. The van der Waals surface area contributed by atoms with Crippen LogP contribution in [0.2, 0.25) is 0 Å². The predicted octanol–water partition coefficient (Wildman–Crippen LogP) is 6.04. The van der Waals surface area contributed by atoms with Crippen molar-refractivity contribution in [2.75, 3.05) is 0 Å². The van der Waals surface area contributed by atoms with Crippen molar-refractivity contribution in [3.63, 3.8) is 0 Å². The van der Waals surface area contributed by atoms with E-state index in [-0.39, 0.29) is 23.7 Å². The maximum Gasteiger partial charge on any atom is 0.261 e. The van der Waals surface area contributed by atoms with Crippen LogP contribution < -0.4 is 5.56 Å². The zero-order valence-electron chi connectivity index (χ0n) is 15.5. The minimum atomic E-state index is -0.382. The quantitative estimate of drug-likeness (QED) is 0.323. The van der Waals surface area contributed by atoms with E-state index in [0.29, 0.717) is 26.1 Å². The van der Waals surface area contributed by atoms with Gasteiger partial charge >= 0.3 is 0 Å². The Morgan fingerprint density at radius 3 is 2.37 bits per heavy atom. The summed E-state index contributed by atoms with van der Waals surface area (Å²) in [7, 11) is 0. The summed E-state index contributed by atoms with van der Waals surface area (Å²) in [5, 5.41) is 0.501. The highest BCUT2D eigenvalue weighted by Crippen LogP contribution is 2.33. The second kappa shape index (κ2) is 7.27. The first-order valence-corrected chi connectivity index (χ1v) is 10.4. The Morgan fingerprint density at radius 1 is 0.900 bits per heavy atom. The molecule has 5 aromatic rings. The van der Waals surface area contributed by atoms with Gasteiger partial charge in [-0.1, -0.05) is 42.5 Å². The van der Waals surface area contributed by atoms with E-state index in [1.807, 2.05) is 16.5 Å². The Bertz CT molecular complexity index is 1530. The molecule has 0 saturated heterocycles. The van der Waals surface area contributed by atoms with Crippen molar-refractivity contribution in [2.24, 2.45) is 0 Å². The van der Waals surface area contributed by atoms with Crippen LogP contribution in [0.4, 0.5) is 8.78 Å². The number of thiazole rings is 1. The van der Waals surface area contributed by atoms with Crippen LogP contribution in [0.3, 0.4) is 0 Å². The first-order chi connectivity index (χ1) is 14.5. The SMILES string of the molecule is O=c1c2ccccc2n2c(=S)sc(-c3ccc(F)cc3)c2n1Cc1ccccc1F. The summed E-state index contributed by atoms with van der Waals surface area (Å²) in [5.74, 6) is -0.729. The van der Waals surface area contributed by atoms with Gasteiger partial charge < -0.3 is 0 Å². The minimum absolute atomic E-state index is 0.0551. The molecule has 0 atom stereocenters. The van der Waals surface area contributed by atoms with Crippen LogP contribution in [0, 0.1) is 15.6 Å². The third kappa shape index (κ3) is 2.98. The van der Waals surface area contributed by atoms with E-state index in [0.717, 1.165) is 10.4 Å². The first kappa shape index (κ1) is 18.8. The van der Waals surface area contributed by atoms with Crippen LogP contribution in [0.25, 0.3) is 27.0 Å². The molecule has 148 valence electrons. The van der Waals surface area contributed by atoms with E-state index >= 15 is 0 Å². The van der Waals surface area contributed by atoms with Gasteiger partial charge in [-0.3, -0.25) is 13.8 Å². The summed E-state index contributed by atoms with van der Waals surface area (Å²) in [6.07, 6.45) is 0. The molecule has 2 heterocycles. The zero-order valence-corrected chi connectivity index (χ0v) is 17.1. The fourth-order valence-corrected chi connectivity index (χ4v) is 5.08. The van der Waals surface area contributed by atoms with Crippen molar-refractivity contribution in [2.45, 2.75) is 6.54 Å². The van der Waals surface area contributed by atoms with Gasteiger partial charge in [-0.05, 0) is 48.1 Å². The second-order valence-electron chi connectivity index (χ2n) is 6.86. The average Bonchev–Trinajstić information content (AvgIpc) is 3.10. The highest BCUT2D eigenvalue weighted by Gasteiger charge is 2.19. The van der Waals surface area contributed by atoms with Crippen LogP contribution in [-0.2, 0) is 6.54 Å². The molecule has 0 bridgehead atoms. The van der Waals surface area contributed by atoms with Gasteiger partial charge in [0.1, 0.15) is 17.3 Å². The van der Waals surface area contributed by atoms with Gasteiger partial charge in [-0.25, -0.2) is 8.78 Å². The van der Waals surface area contributed by atoms with E-state index in [9.17, 15) is 13.6 Å². The maximum atomic E-state index is 14.4. The molecule has 0 unspecified atom stereocenters. The van der Waals surface area contributed by atoms with Crippen LogP contribution in [0.1, 0.15) is 5.56 Å². The molecule has 3 nitrogen and oxygen atoms in total. The number of nitrogens with zero attached hydrogens (tertiary/aromatic N) is 2. The second-order valence-corrected chi connectivity index (χ2v) is 8.51. The molecule has 7 heteroatoms. The Labute approximate surface area is 179 Å². The fraction of sp³-hybridized carbons (Fsp3) is 0.0435. The molecule has 0 radical (unpaired) electrons. The number of benzene rings is 3. The molecule has 0 fully saturated rings. The molecule has 0 aliphatic carbocycles. The number of fused-ring (bicyclic) bond motifs is 3. The molecular formula is C23H14F2N2OS2. The number of aromatic nitrogens is 2. The topological polar surface area (TPSA) is 26.4 Å². The van der Waals surface area contributed by atoms with Crippen LogP contribution in [0.5, 0.6) is 0 Å². The molecule has 0 N–H and O–H groups in total. The Morgan fingerprint density at radius 2 is 1.60 bits per heavy atom. The normalized spacial score (nSPS) is 11.4. The highest BCUT2D eigenvalue weighted by atomic mass is 32.1. The Hall–Kier alpha value is -3.16. The van der Waals surface area contributed by atoms with E-state index in [4.69, 9.17) is 12.2 Å². The van der Waals surface area contributed by atoms with Gasteiger partial charge in [-0.15, -0.1) is 11.3 Å². The van der Waals surface area contributed by atoms with Crippen molar-refractivity contribution in [3.8, 4) is 10.4 Å². The lowest BCUT2D eigenvalue weighted by atomic mass is 10.1. The molecular weight excluding hydrogens is 422 g/mol. The monoisotopic (exact) mass is 436 g/mol. The predicted molar refractivity (Wildman–Crippen MR) is 119 cm³/mol. The van der Waals surface area contributed by atoms with E-state index in [2.05, 4.69) is 0 Å². The number of para-hydroxylation sites is 1. The van der Waals surface area contributed by atoms with Crippen LogP contribution in [-0.4, -0.2) is 8.97 Å². The lowest BCUT2D eigenvalue weighted by Crippen LogP contribution is -2.24. The summed E-state index contributed by atoms with van der Waals surface area (Å²) in [5.41, 5.74) is 2.18. The maximum absolute atomic E-state index is 14.4. The molecule has 0 spiro atoms. The third-order valence-corrected chi connectivity index (χ3v) is 6.47. The van der Waals surface area contributed by atoms with Crippen LogP contribution in [0.15, 0.2) is 77.6 Å². The standard InChI is InChI=1S/C23H14F2N2OS2/c24-16-11-9-14(10-12-16)20-21-26(13-15-5-1-3-7-18(15)25)22(28)17-6-2-4-8-19(17)27(21)23(29)30-20/h1-12H,13H2. The van der Waals surface area contributed by atoms with Crippen molar-refractivity contribution in [1.29, 1.82) is 0 Å². The molecule has 0 aliphatic heterocycles. The molecule has 30 heavy (non-hydrogen) atoms. The Kier molecular flexibility index (Phi) is 4.56. The molecule has 2 aromatic heterocycles. The molecule has 0 amide bonds. The van der Waals surface area contributed by atoms with Crippen molar-refractivity contribution in [1.82, 2.24) is 8.97 Å². The van der Waals surface area contributed by atoms with Gasteiger partial charge in [0, 0.05) is 5.56 Å². The highest BCUT2D eigenvalue weighted by molar-refractivity contribution is 7.73. The van der Waals surface area contributed by atoms with Crippen molar-refractivity contribution >= 4 is 40.1 Å². The van der Waals surface area contributed by atoms with E-state index < -0.39 is 0 Å². The molecule has 3 aromatic carbocycles. The zero-order chi connectivity index (χ0) is 20.8. The summed E-state index contributed by atoms with van der Waals surface area (Å²) >= 11 is 6.98. The number of hydrogen-bond acceptors (Lipinski definition) is 3.